The van der Waals surface area contributed by atoms with Gasteiger partial charge in [0, 0.05) is 18.7 Å². The zero-order valence-corrected chi connectivity index (χ0v) is 14.8. The van der Waals surface area contributed by atoms with Crippen molar-refractivity contribution in [2.75, 3.05) is 40.1 Å². The van der Waals surface area contributed by atoms with Gasteiger partial charge in [0.15, 0.2) is 11.5 Å². The highest BCUT2D eigenvalue weighted by molar-refractivity contribution is 5.85. The number of hydrogen-bond acceptors (Lipinski definition) is 5. The van der Waals surface area contributed by atoms with Gasteiger partial charge in [0.2, 0.25) is 0 Å². The largest absolute Gasteiger partial charge is 0.493 e. The van der Waals surface area contributed by atoms with Crippen LogP contribution in [0.15, 0.2) is 24.8 Å². The summed E-state index contributed by atoms with van der Waals surface area (Å²) in [4.78, 5) is 0. The molecule has 0 heterocycles. The number of allylic oxidation sites excluding steroid dienone is 1. The van der Waals surface area contributed by atoms with E-state index in [9.17, 15) is 0 Å². The predicted octanol–water partition coefficient (Wildman–Crippen LogP) is 2.34. The van der Waals surface area contributed by atoms with Crippen LogP contribution in [0.3, 0.4) is 0 Å². The van der Waals surface area contributed by atoms with Crippen LogP contribution in [-0.4, -0.2) is 45.2 Å². The van der Waals surface area contributed by atoms with Crippen LogP contribution in [0.5, 0.6) is 11.5 Å². The molecule has 0 amide bonds. The molecule has 0 aliphatic rings. The summed E-state index contributed by atoms with van der Waals surface area (Å²) >= 11 is 0. The summed E-state index contributed by atoms with van der Waals surface area (Å²) in [7, 11) is 1.65. The number of ether oxygens (including phenoxy) is 3. The molecule has 0 saturated carbocycles. The second kappa shape index (κ2) is 13.2. The fraction of sp³-hybridized carbons (Fsp3) is 0.529. The Morgan fingerprint density at radius 2 is 2.09 bits per heavy atom. The lowest BCUT2D eigenvalue weighted by atomic mass is 10.1. The molecule has 0 spiro atoms. The van der Waals surface area contributed by atoms with Crippen LogP contribution in [0.4, 0.5) is 0 Å². The second-order valence-electron chi connectivity index (χ2n) is 4.72. The first-order chi connectivity index (χ1) is 10.8. The summed E-state index contributed by atoms with van der Waals surface area (Å²) in [6, 6.07) is 4.09. The first-order valence-electron chi connectivity index (χ1n) is 7.59. The van der Waals surface area contributed by atoms with Crippen molar-refractivity contribution >= 4 is 12.4 Å². The van der Waals surface area contributed by atoms with Crippen LogP contribution in [0.25, 0.3) is 0 Å². The third-order valence-corrected chi connectivity index (χ3v) is 3.05. The maximum absolute atomic E-state index is 8.63. The number of rotatable bonds is 12. The Labute approximate surface area is 145 Å². The van der Waals surface area contributed by atoms with Crippen molar-refractivity contribution in [3.63, 3.8) is 0 Å². The standard InChI is InChI=1S/C17H27NO4.ClH/c1-4-6-15-11-14(13-18-7-9-21-10-8-19)12-16(20-3)17(15)22-5-2;/h4,11-12,18-19H,1,5-10,13H2,2-3H3;1H. The van der Waals surface area contributed by atoms with E-state index in [4.69, 9.17) is 19.3 Å². The van der Waals surface area contributed by atoms with Gasteiger partial charge in [0.1, 0.15) is 0 Å². The molecule has 132 valence electrons. The molecule has 0 bridgehead atoms. The smallest absolute Gasteiger partial charge is 0.164 e. The molecule has 0 radical (unpaired) electrons. The highest BCUT2D eigenvalue weighted by Gasteiger charge is 2.12. The minimum absolute atomic E-state index is 0. The van der Waals surface area contributed by atoms with Crippen LogP contribution in [-0.2, 0) is 17.7 Å². The molecule has 1 aromatic carbocycles. The second-order valence-corrected chi connectivity index (χ2v) is 4.72. The SMILES string of the molecule is C=CCc1cc(CNCCOCCO)cc(OC)c1OCC.Cl. The highest BCUT2D eigenvalue weighted by atomic mass is 35.5. The normalized spacial score (nSPS) is 10.0. The molecule has 1 aromatic rings. The molecule has 0 aliphatic heterocycles. The van der Waals surface area contributed by atoms with Gasteiger partial charge in [-0.05, 0) is 25.0 Å². The Bertz CT molecular complexity index is 454. The van der Waals surface area contributed by atoms with E-state index in [1.165, 1.54) is 0 Å². The van der Waals surface area contributed by atoms with Crippen molar-refractivity contribution in [3.05, 3.63) is 35.9 Å². The first-order valence-corrected chi connectivity index (χ1v) is 7.59. The monoisotopic (exact) mass is 345 g/mol. The lowest BCUT2D eigenvalue weighted by Crippen LogP contribution is -2.20. The van der Waals surface area contributed by atoms with Gasteiger partial charge in [0.05, 0.1) is 33.5 Å². The number of nitrogens with one attached hydrogen (secondary N) is 1. The average molecular weight is 346 g/mol. The van der Waals surface area contributed by atoms with Gasteiger partial charge in [0.25, 0.3) is 0 Å². The number of hydrogen-bond donors (Lipinski definition) is 2. The van der Waals surface area contributed by atoms with Gasteiger partial charge in [-0.3, -0.25) is 0 Å². The topological polar surface area (TPSA) is 60.0 Å². The van der Waals surface area contributed by atoms with Crippen LogP contribution in [0.2, 0.25) is 0 Å². The zero-order valence-electron chi connectivity index (χ0n) is 14.0. The van der Waals surface area contributed by atoms with Gasteiger partial charge in [-0.25, -0.2) is 0 Å². The molecule has 2 N–H and O–H groups in total. The van der Waals surface area contributed by atoms with Crippen LogP contribution in [0.1, 0.15) is 18.1 Å². The average Bonchev–Trinajstić information content (AvgIpc) is 2.53. The maximum atomic E-state index is 8.63. The van der Waals surface area contributed by atoms with E-state index < -0.39 is 0 Å². The third-order valence-electron chi connectivity index (χ3n) is 3.05. The van der Waals surface area contributed by atoms with E-state index >= 15 is 0 Å². The van der Waals surface area contributed by atoms with Crippen molar-refractivity contribution in [1.82, 2.24) is 5.32 Å². The first kappa shape index (κ1) is 21.7. The van der Waals surface area contributed by atoms with Gasteiger partial charge in [-0.15, -0.1) is 19.0 Å². The van der Waals surface area contributed by atoms with Crippen LogP contribution >= 0.6 is 12.4 Å². The number of methoxy groups -OCH3 is 1. The molecular weight excluding hydrogens is 318 g/mol. The number of aliphatic hydroxyl groups is 1. The molecule has 0 atom stereocenters. The van der Waals surface area contributed by atoms with E-state index in [0.717, 1.165) is 42.1 Å². The Morgan fingerprint density at radius 3 is 2.70 bits per heavy atom. The van der Waals surface area contributed by atoms with Crippen molar-refractivity contribution < 1.29 is 19.3 Å². The van der Waals surface area contributed by atoms with Crippen LogP contribution < -0.4 is 14.8 Å². The quantitative estimate of drug-likeness (QED) is 0.450. The van der Waals surface area contributed by atoms with Crippen molar-refractivity contribution in [2.24, 2.45) is 0 Å². The van der Waals surface area contributed by atoms with E-state index in [-0.39, 0.29) is 19.0 Å². The summed E-state index contributed by atoms with van der Waals surface area (Å²) in [6.45, 7) is 8.81. The van der Waals surface area contributed by atoms with Crippen molar-refractivity contribution in [1.29, 1.82) is 0 Å². The maximum Gasteiger partial charge on any atom is 0.164 e. The van der Waals surface area contributed by atoms with Crippen LogP contribution in [0, 0.1) is 0 Å². The minimum Gasteiger partial charge on any atom is -0.493 e. The molecule has 0 aromatic heterocycles. The molecule has 0 fully saturated rings. The molecule has 0 unspecified atom stereocenters. The summed E-state index contributed by atoms with van der Waals surface area (Å²) in [5.41, 5.74) is 2.20. The van der Waals surface area contributed by atoms with Gasteiger partial charge >= 0.3 is 0 Å². The lowest BCUT2D eigenvalue weighted by molar-refractivity contribution is 0.0938. The summed E-state index contributed by atoms with van der Waals surface area (Å²) < 4.78 is 16.4. The molecule has 5 nitrogen and oxygen atoms in total. The Morgan fingerprint density at radius 1 is 1.30 bits per heavy atom. The highest BCUT2D eigenvalue weighted by Crippen LogP contribution is 2.33. The molecule has 0 saturated heterocycles. The lowest BCUT2D eigenvalue weighted by Gasteiger charge is -2.16. The van der Waals surface area contributed by atoms with Crippen molar-refractivity contribution in [3.8, 4) is 11.5 Å². The zero-order chi connectivity index (χ0) is 16.2. The predicted molar refractivity (Wildman–Crippen MR) is 94.9 cm³/mol. The third kappa shape index (κ3) is 7.70. The molecule has 1 rings (SSSR count). The number of aliphatic hydroxyl groups excluding tert-OH is 1. The summed E-state index contributed by atoms with van der Waals surface area (Å²) in [5, 5.41) is 11.9. The number of halogens is 1. The minimum atomic E-state index is 0. The fourth-order valence-corrected chi connectivity index (χ4v) is 2.14. The molecular formula is C17H28ClNO4. The van der Waals surface area contributed by atoms with Gasteiger partial charge in [-0.1, -0.05) is 12.1 Å². The summed E-state index contributed by atoms with van der Waals surface area (Å²) in [5.74, 6) is 1.54. The number of benzene rings is 1. The van der Waals surface area contributed by atoms with E-state index in [1.54, 1.807) is 7.11 Å². The Kier molecular flexibility index (Phi) is 12.5. The molecule has 6 heteroatoms. The molecule has 0 aliphatic carbocycles. The fourth-order valence-electron chi connectivity index (χ4n) is 2.14. The van der Waals surface area contributed by atoms with Gasteiger partial charge < -0.3 is 24.6 Å². The summed E-state index contributed by atoms with van der Waals surface area (Å²) in [6.07, 6.45) is 2.59. The Balaban J connectivity index is 0.00000484. The van der Waals surface area contributed by atoms with Crippen molar-refractivity contribution in [2.45, 2.75) is 19.9 Å². The van der Waals surface area contributed by atoms with E-state index in [0.29, 0.717) is 19.8 Å². The van der Waals surface area contributed by atoms with Gasteiger partial charge in [-0.2, -0.15) is 0 Å². The Hall–Kier alpha value is -1.27. The van der Waals surface area contributed by atoms with E-state index in [1.807, 2.05) is 19.1 Å². The molecule has 23 heavy (non-hydrogen) atoms. The van der Waals surface area contributed by atoms with E-state index in [2.05, 4.69) is 18.0 Å².